The summed E-state index contributed by atoms with van der Waals surface area (Å²) in [5.74, 6) is -1.47. The van der Waals surface area contributed by atoms with E-state index in [1.54, 1.807) is 15.8 Å². The van der Waals surface area contributed by atoms with Crippen LogP contribution in [-0.4, -0.2) is 75.8 Å². The van der Waals surface area contributed by atoms with Crippen LogP contribution in [0.5, 0.6) is 0 Å². The number of ether oxygens (including phenoxy) is 1. The van der Waals surface area contributed by atoms with Gasteiger partial charge in [-0.1, -0.05) is 63.2 Å². The van der Waals surface area contributed by atoms with E-state index in [1.807, 2.05) is 61.5 Å². The van der Waals surface area contributed by atoms with Crippen LogP contribution in [0.4, 0.5) is 0 Å². The monoisotopic (exact) mass is 528 g/mol. The molecule has 0 aliphatic carbocycles. The van der Waals surface area contributed by atoms with Gasteiger partial charge >= 0.3 is 0 Å². The van der Waals surface area contributed by atoms with E-state index < -0.39 is 17.7 Å². The van der Waals surface area contributed by atoms with Crippen LogP contribution in [0.15, 0.2) is 66.4 Å². The lowest BCUT2D eigenvalue weighted by Gasteiger charge is -2.31. The van der Waals surface area contributed by atoms with Crippen molar-refractivity contribution in [3.63, 3.8) is 0 Å². The summed E-state index contributed by atoms with van der Waals surface area (Å²) in [7, 11) is 0. The molecule has 3 aromatic rings. The second kappa shape index (κ2) is 10.8. The molecule has 0 bridgehead atoms. The zero-order valence-corrected chi connectivity index (χ0v) is 23.1. The summed E-state index contributed by atoms with van der Waals surface area (Å²) in [6.07, 6.45) is 1.55. The first kappa shape index (κ1) is 26.8. The highest BCUT2D eigenvalue weighted by atomic mass is 16.5. The van der Waals surface area contributed by atoms with Crippen LogP contribution in [0.25, 0.3) is 11.4 Å². The number of aliphatic hydroxyl groups excluding tert-OH is 1. The largest absolute Gasteiger partial charge is 0.507 e. The lowest BCUT2D eigenvalue weighted by atomic mass is 9.85. The first-order valence-corrected chi connectivity index (χ1v) is 13.5. The second-order valence-electron chi connectivity index (χ2n) is 11.2. The number of aromatic nitrogens is 2. The van der Waals surface area contributed by atoms with Crippen molar-refractivity contribution in [2.45, 2.75) is 39.2 Å². The van der Waals surface area contributed by atoms with E-state index in [1.165, 1.54) is 0 Å². The molecule has 1 aromatic heterocycles. The molecule has 2 saturated heterocycles. The molecule has 8 heteroatoms. The van der Waals surface area contributed by atoms with Crippen molar-refractivity contribution in [3.05, 3.63) is 88.8 Å². The molecule has 2 fully saturated rings. The number of hydrogen-bond acceptors (Lipinski definition) is 6. The quantitative estimate of drug-likeness (QED) is 0.293. The predicted molar refractivity (Wildman–Crippen MR) is 150 cm³/mol. The van der Waals surface area contributed by atoms with Gasteiger partial charge in [-0.2, -0.15) is 5.10 Å². The molecular weight excluding hydrogens is 492 g/mol. The second-order valence-corrected chi connectivity index (χ2v) is 11.2. The Kier molecular flexibility index (Phi) is 7.42. The van der Waals surface area contributed by atoms with Gasteiger partial charge in [0.1, 0.15) is 5.76 Å². The topological polar surface area (TPSA) is 87.9 Å². The Morgan fingerprint density at radius 1 is 1.00 bits per heavy atom. The Bertz CT molecular complexity index is 1380. The maximum absolute atomic E-state index is 13.5. The van der Waals surface area contributed by atoms with Crippen molar-refractivity contribution in [3.8, 4) is 5.69 Å². The number of morpholine rings is 1. The molecule has 0 unspecified atom stereocenters. The Morgan fingerprint density at radius 3 is 2.31 bits per heavy atom. The van der Waals surface area contributed by atoms with Crippen LogP contribution in [0.3, 0.4) is 0 Å². The highest BCUT2D eigenvalue weighted by Crippen LogP contribution is 2.40. The summed E-state index contributed by atoms with van der Waals surface area (Å²) < 4.78 is 7.18. The molecule has 1 N–H and O–H groups in total. The third-order valence-corrected chi connectivity index (χ3v) is 7.66. The number of carbonyl (C=O) groups excluding carboxylic acids is 2. The number of carbonyl (C=O) groups is 2. The average Bonchev–Trinajstić information content (AvgIpc) is 3.44. The van der Waals surface area contributed by atoms with Gasteiger partial charge in [-0.15, -0.1) is 0 Å². The minimum atomic E-state index is -0.695. The molecule has 1 atom stereocenters. The Labute approximate surface area is 229 Å². The molecular formula is C31H36N4O4. The maximum atomic E-state index is 13.5. The molecule has 0 radical (unpaired) electrons. The summed E-state index contributed by atoms with van der Waals surface area (Å²) in [5.41, 5.74) is 3.95. The summed E-state index contributed by atoms with van der Waals surface area (Å²) in [6, 6.07) is 16.9. The third-order valence-electron chi connectivity index (χ3n) is 7.66. The minimum absolute atomic E-state index is 0.0419. The van der Waals surface area contributed by atoms with E-state index in [0.717, 1.165) is 29.9 Å². The van der Waals surface area contributed by atoms with Gasteiger partial charge in [0.05, 0.1) is 48.0 Å². The lowest BCUT2D eigenvalue weighted by molar-refractivity contribution is -0.140. The zero-order valence-electron chi connectivity index (χ0n) is 23.1. The molecule has 0 spiro atoms. The van der Waals surface area contributed by atoms with Crippen molar-refractivity contribution < 1.29 is 19.4 Å². The average molecular weight is 529 g/mol. The highest BCUT2D eigenvalue weighted by molar-refractivity contribution is 6.46. The first-order chi connectivity index (χ1) is 18.7. The zero-order chi connectivity index (χ0) is 27.7. The molecule has 2 aromatic carbocycles. The number of benzene rings is 2. The van der Waals surface area contributed by atoms with Gasteiger partial charge in [0.25, 0.3) is 11.7 Å². The van der Waals surface area contributed by atoms with Crippen LogP contribution in [-0.2, 0) is 19.7 Å². The third kappa shape index (κ3) is 5.27. The van der Waals surface area contributed by atoms with Crippen molar-refractivity contribution in [2.75, 3.05) is 39.4 Å². The van der Waals surface area contributed by atoms with Gasteiger partial charge in [0.15, 0.2) is 0 Å². The number of ketones is 1. The minimum Gasteiger partial charge on any atom is -0.507 e. The normalized spacial score (nSPS) is 20.1. The van der Waals surface area contributed by atoms with E-state index in [4.69, 9.17) is 4.74 Å². The molecule has 5 rings (SSSR count). The molecule has 3 heterocycles. The Morgan fingerprint density at radius 2 is 1.67 bits per heavy atom. The number of para-hydroxylation sites is 1. The fraction of sp³-hybridized carbons (Fsp3) is 0.387. The number of hydrogen-bond donors (Lipinski definition) is 1. The van der Waals surface area contributed by atoms with Crippen molar-refractivity contribution >= 4 is 17.4 Å². The number of rotatable bonds is 6. The van der Waals surface area contributed by atoms with E-state index in [0.29, 0.717) is 37.6 Å². The maximum Gasteiger partial charge on any atom is 0.295 e. The van der Waals surface area contributed by atoms with Crippen molar-refractivity contribution in [1.29, 1.82) is 0 Å². The molecule has 0 saturated carbocycles. The molecule has 39 heavy (non-hydrogen) atoms. The van der Waals surface area contributed by atoms with Crippen LogP contribution >= 0.6 is 0 Å². The molecule has 1 amide bonds. The summed E-state index contributed by atoms with van der Waals surface area (Å²) in [5, 5.41) is 16.1. The van der Waals surface area contributed by atoms with E-state index in [2.05, 4.69) is 30.8 Å². The number of aliphatic hydroxyl groups is 1. The fourth-order valence-electron chi connectivity index (χ4n) is 5.31. The van der Waals surface area contributed by atoms with Crippen molar-refractivity contribution in [2.24, 2.45) is 0 Å². The van der Waals surface area contributed by atoms with Gasteiger partial charge in [-0.3, -0.25) is 14.5 Å². The lowest BCUT2D eigenvalue weighted by Crippen LogP contribution is -2.42. The first-order valence-electron chi connectivity index (χ1n) is 13.5. The number of likely N-dealkylation sites (tertiary alicyclic amines) is 1. The van der Waals surface area contributed by atoms with E-state index in [9.17, 15) is 14.7 Å². The fourth-order valence-corrected chi connectivity index (χ4v) is 5.31. The van der Waals surface area contributed by atoms with Gasteiger partial charge < -0.3 is 14.7 Å². The number of amides is 1. The van der Waals surface area contributed by atoms with E-state index in [-0.39, 0.29) is 16.7 Å². The molecule has 8 nitrogen and oxygen atoms in total. The van der Waals surface area contributed by atoms with Crippen molar-refractivity contribution in [1.82, 2.24) is 19.6 Å². The molecule has 204 valence electrons. The Hall–Kier alpha value is -3.75. The standard InChI is InChI=1S/C31H36N4O4/c1-21-25(20-32-35(21)24-8-6-5-7-9-24)28(36)26-27(22-10-12-23(13-11-22)31(2,3)4)34(30(38)29(26)37)15-14-33-16-18-39-19-17-33/h5-13,20,27,36H,14-19H2,1-4H3/t27-/m1/s1. The van der Waals surface area contributed by atoms with Gasteiger partial charge in [0.2, 0.25) is 0 Å². The predicted octanol–water partition coefficient (Wildman–Crippen LogP) is 4.23. The SMILES string of the molecule is Cc1c(C(O)=C2C(=O)C(=O)N(CCN3CCOCC3)[C@@H]2c2ccc(C(C)(C)C)cc2)cnn1-c1ccccc1. The van der Waals surface area contributed by atoms with Crippen LogP contribution < -0.4 is 0 Å². The summed E-state index contributed by atoms with van der Waals surface area (Å²) >= 11 is 0. The highest BCUT2D eigenvalue weighted by Gasteiger charge is 2.46. The number of Topliss-reactive ketones (excluding diaryl/α,β-unsaturated/α-hetero) is 1. The van der Waals surface area contributed by atoms with Crippen LogP contribution in [0.1, 0.15) is 49.2 Å². The smallest absolute Gasteiger partial charge is 0.295 e. The van der Waals surface area contributed by atoms with Crippen LogP contribution in [0.2, 0.25) is 0 Å². The number of nitrogens with zero attached hydrogens (tertiary/aromatic N) is 4. The van der Waals surface area contributed by atoms with E-state index >= 15 is 0 Å². The summed E-state index contributed by atoms with van der Waals surface area (Å²) in [4.78, 5) is 30.8. The molecule has 2 aliphatic heterocycles. The van der Waals surface area contributed by atoms with Gasteiger partial charge in [0, 0.05) is 26.2 Å². The van der Waals surface area contributed by atoms with Crippen LogP contribution in [0, 0.1) is 6.92 Å². The molecule has 2 aliphatic rings. The Balaban J connectivity index is 1.56. The van der Waals surface area contributed by atoms with Gasteiger partial charge in [-0.05, 0) is 35.6 Å². The van der Waals surface area contributed by atoms with Gasteiger partial charge in [-0.25, -0.2) is 4.68 Å². The summed E-state index contributed by atoms with van der Waals surface area (Å²) in [6.45, 7) is 12.1.